The molecule has 2 N–H and O–H groups in total. The van der Waals surface area contributed by atoms with E-state index in [9.17, 15) is 9.90 Å². The minimum absolute atomic E-state index is 0.0849. The first-order valence-corrected chi connectivity index (χ1v) is 9.40. The van der Waals surface area contributed by atoms with Gasteiger partial charge in [0.25, 0.3) is 5.91 Å². The van der Waals surface area contributed by atoms with Gasteiger partial charge in [0.15, 0.2) is 0 Å². The molecule has 0 bridgehead atoms. The number of amides is 1. The number of hydrogen-bond acceptors (Lipinski definition) is 2. The quantitative estimate of drug-likeness (QED) is 0.630. The number of hydrogen-bond donors (Lipinski definition) is 2. The van der Waals surface area contributed by atoms with Crippen molar-refractivity contribution >= 4 is 23.2 Å². The highest BCUT2D eigenvalue weighted by atomic mass is 16.3. The number of anilines is 1. The number of aryl methyl sites for hydroxylation is 1. The van der Waals surface area contributed by atoms with Crippen LogP contribution >= 0.6 is 0 Å². The van der Waals surface area contributed by atoms with E-state index in [1.165, 1.54) is 0 Å². The molecule has 3 rings (SSSR count). The largest absolute Gasteiger partial charge is 0.507 e. The van der Waals surface area contributed by atoms with Gasteiger partial charge in [-0.2, -0.15) is 0 Å². The van der Waals surface area contributed by atoms with Gasteiger partial charge in [0, 0.05) is 28.0 Å². The smallest absolute Gasteiger partial charge is 0.256 e. The van der Waals surface area contributed by atoms with Gasteiger partial charge < -0.3 is 10.4 Å². The van der Waals surface area contributed by atoms with Gasteiger partial charge in [-0.25, -0.2) is 0 Å². The van der Waals surface area contributed by atoms with Gasteiger partial charge in [-0.05, 0) is 53.2 Å². The number of carbonyl (C=O) groups excluding carboxylic acids is 1. The first kappa shape index (κ1) is 19.2. The second-order valence-electron chi connectivity index (χ2n) is 9.53. The Bertz CT molecular complexity index is 918. The topological polar surface area (TPSA) is 49.3 Å². The van der Waals surface area contributed by atoms with Crippen molar-refractivity contribution in [3.05, 3.63) is 58.1 Å². The van der Waals surface area contributed by atoms with Gasteiger partial charge >= 0.3 is 0 Å². The predicted octanol–water partition coefficient (Wildman–Crippen LogP) is 5.79. The predicted molar refractivity (Wildman–Crippen MR) is 113 cm³/mol. The summed E-state index contributed by atoms with van der Waals surface area (Å²) in [5.41, 5.74) is 5.87. The van der Waals surface area contributed by atoms with Crippen LogP contribution in [-0.4, -0.2) is 11.0 Å². The minimum Gasteiger partial charge on any atom is -0.507 e. The SMILES string of the molecule is Cc1ccc2c(c1)NC(=O)/C2=C/c1cc(C(C)(C)C)c(O)c(C(C)(C)C)c1. The Kier molecular flexibility index (Phi) is 4.46. The first-order chi connectivity index (χ1) is 12.4. The molecule has 0 saturated heterocycles. The lowest BCUT2D eigenvalue weighted by atomic mass is 9.78. The molecule has 1 aliphatic heterocycles. The summed E-state index contributed by atoms with van der Waals surface area (Å²) in [5.74, 6) is 0.266. The fourth-order valence-electron chi connectivity index (χ4n) is 3.50. The van der Waals surface area contributed by atoms with Crippen molar-refractivity contribution in [2.45, 2.75) is 59.3 Å². The van der Waals surface area contributed by atoms with Crippen LogP contribution in [0.15, 0.2) is 30.3 Å². The Morgan fingerprint density at radius 3 is 2.00 bits per heavy atom. The number of phenols is 1. The number of aromatic hydroxyl groups is 1. The van der Waals surface area contributed by atoms with E-state index < -0.39 is 0 Å². The standard InChI is InChI=1S/C24H29NO2/c1-14-8-9-16-17(22(27)25-20(16)10-14)11-15-12-18(23(2,3)4)21(26)19(13-15)24(5,6)7/h8-13,26H,1-7H3,(H,25,27)/b17-11+. The minimum atomic E-state index is -0.203. The number of rotatable bonds is 1. The lowest BCUT2D eigenvalue weighted by molar-refractivity contribution is -0.110. The van der Waals surface area contributed by atoms with Gasteiger partial charge in [-0.1, -0.05) is 53.7 Å². The number of benzene rings is 2. The van der Waals surface area contributed by atoms with Crippen molar-refractivity contribution in [3.63, 3.8) is 0 Å². The zero-order chi connectivity index (χ0) is 20.1. The van der Waals surface area contributed by atoms with E-state index in [1.807, 2.05) is 43.3 Å². The summed E-state index contributed by atoms with van der Waals surface area (Å²) in [6, 6.07) is 10.00. The molecule has 0 spiro atoms. The van der Waals surface area contributed by atoms with Gasteiger partial charge in [0.2, 0.25) is 0 Å². The summed E-state index contributed by atoms with van der Waals surface area (Å²) in [4.78, 5) is 12.5. The molecular formula is C24H29NO2. The second kappa shape index (κ2) is 6.26. The molecule has 3 nitrogen and oxygen atoms in total. The molecule has 0 radical (unpaired) electrons. The van der Waals surface area contributed by atoms with Crippen LogP contribution in [0.4, 0.5) is 5.69 Å². The average molecular weight is 364 g/mol. The van der Waals surface area contributed by atoms with Crippen molar-refractivity contribution in [3.8, 4) is 5.75 Å². The Balaban J connectivity index is 2.21. The summed E-state index contributed by atoms with van der Waals surface area (Å²) < 4.78 is 0. The van der Waals surface area contributed by atoms with E-state index in [0.717, 1.165) is 33.5 Å². The monoisotopic (exact) mass is 363 g/mol. The summed E-state index contributed by atoms with van der Waals surface area (Å²) in [6.07, 6.45) is 1.93. The highest BCUT2D eigenvalue weighted by Crippen LogP contribution is 2.41. The summed E-state index contributed by atoms with van der Waals surface area (Å²) >= 11 is 0. The van der Waals surface area contributed by atoms with Gasteiger partial charge in [-0.3, -0.25) is 4.79 Å². The normalized spacial score (nSPS) is 15.8. The molecule has 0 fully saturated rings. The second-order valence-corrected chi connectivity index (χ2v) is 9.53. The highest BCUT2D eigenvalue weighted by Gasteiger charge is 2.28. The maximum Gasteiger partial charge on any atom is 0.256 e. The molecule has 0 unspecified atom stereocenters. The molecule has 0 aromatic heterocycles. The van der Waals surface area contributed by atoms with Gasteiger partial charge in [0.05, 0.1) is 0 Å². The van der Waals surface area contributed by atoms with Gasteiger partial charge in [-0.15, -0.1) is 0 Å². The van der Waals surface area contributed by atoms with Crippen molar-refractivity contribution in [1.29, 1.82) is 0 Å². The van der Waals surface area contributed by atoms with E-state index in [1.54, 1.807) is 0 Å². The highest BCUT2D eigenvalue weighted by molar-refractivity contribution is 6.34. The molecule has 1 aliphatic rings. The zero-order valence-corrected chi connectivity index (χ0v) is 17.3. The maximum absolute atomic E-state index is 12.5. The maximum atomic E-state index is 12.5. The first-order valence-electron chi connectivity index (χ1n) is 9.40. The molecule has 2 aromatic carbocycles. The lowest BCUT2D eigenvalue weighted by Crippen LogP contribution is -2.17. The molecule has 1 heterocycles. The summed E-state index contributed by atoms with van der Waals surface area (Å²) in [6.45, 7) is 14.5. The van der Waals surface area contributed by atoms with E-state index >= 15 is 0 Å². The molecule has 0 aliphatic carbocycles. The fraction of sp³-hybridized carbons (Fsp3) is 0.375. The zero-order valence-electron chi connectivity index (χ0n) is 17.3. The number of carbonyl (C=O) groups is 1. The van der Waals surface area contributed by atoms with Crippen LogP contribution in [0.5, 0.6) is 5.75 Å². The van der Waals surface area contributed by atoms with Crippen LogP contribution in [0.25, 0.3) is 11.6 Å². The lowest BCUT2D eigenvalue weighted by Gasteiger charge is -2.28. The van der Waals surface area contributed by atoms with Crippen LogP contribution in [0.2, 0.25) is 0 Å². The molecule has 3 heteroatoms. The Hall–Kier alpha value is -2.55. The van der Waals surface area contributed by atoms with E-state index in [-0.39, 0.29) is 16.7 Å². The summed E-state index contributed by atoms with van der Waals surface area (Å²) in [5, 5.41) is 13.8. The average Bonchev–Trinajstić information content (AvgIpc) is 2.81. The third-order valence-electron chi connectivity index (χ3n) is 5.02. The third-order valence-corrected chi connectivity index (χ3v) is 5.02. The van der Waals surface area contributed by atoms with Crippen LogP contribution in [0.1, 0.15) is 69.4 Å². The fourth-order valence-corrected chi connectivity index (χ4v) is 3.50. The number of nitrogens with one attached hydrogen (secondary N) is 1. The van der Waals surface area contributed by atoms with Crippen molar-refractivity contribution in [2.75, 3.05) is 5.32 Å². The molecule has 0 atom stereocenters. The van der Waals surface area contributed by atoms with Crippen molar-refractivity contribution in [2.24, 2.45) is 0 Å². The van der Waals surface area contributed by atoms with Gasteiger partial charge in [0.1, 0.15) is 5.75 Å². The van der Waals surface area contributed by atoms with E-state index in [0.29, 0.717) is 11.3 Å². The third kappa shape index (κ3) is 3.64. The van der Waals surface area contributed by atoms with Crippen LogP contribution in [0, 0.1) is 6.92 Å². The molecule has 0 saturated carbocycles. The summed E-state index contributed by atoms with van der Waals surface area (Å²) in [7, 11) is 0. The number of phenolic OH excluding ortho intramolecular Hbond substituents is 1. The van der Waals surface area contributed by atoms with E-state index in [4.69, 9.17) is 0 Å². The van der Waals surface area contributed by atoms with Crippen LogP contribution in [0.3, 0.4) is 0 Å². The van der Waals surface area contributed by atoms with E-state index in [2.05, 4.69) is 46.9 Å². The Morgan fingerprint density at radius 1 is 0.926 bits per heavy atom. The Morgan fingerprint density at radius 2 is 1.48 bits per heavy atom. The number of fused-ring (bicyclic) bond motifs is 1. The molecule has 1 amide bonds. The van der Waals surface area contributed by atoms with Crippen molar-refractivity contribution in [1.82, 2.24) is 0 Å². The molecule has 2 aromatic rings. The molecule has 142 valence electrons. The van der Waals surface area contributed by atoms with Crippen LogP contribution in [-0.2, 0) is 15.6 Å². The van der Waals surface area contributed by atoms with Crippen molar-refractivity contribution < 1.29 is 9.90 Å². The van der Waals surface area contributed by atoms with Crippen LogP contribution < -0.4 is 5.32 Å². The molecular weight excluding hydrogens is 334 g/mol. The Labute approximate surface area is 162 Å². The molecule has 27 heavy (non-hydrogen) atoms.